The largest absolute Gasteiger partial charge is 0.481 e. The predicted octanol–water partition coefficient (Wildman–Crippen LogP) is 2.38. The average molecular weight is 299 g/mol. The van der Waals surface area contributed by atoms with Gasteiger partial charge in [-0.05, 0) is 19.3 Å². The summed E-state index contributed by atoms with van der Waals surface area (Å²) in [7, 11) is 0. The van der Waals surface area contributed by atoms with Crippen LogP contribution in [0.1, 0.15) is 32.6 Å². The molecular formula is C12H17F4NO3. The van der Waals surface area contributed by atoms with Crippen LogP contribution in [0.3, 0.4) is 0 Å². The number of halogens is 4. The fourth-order valence-corrected chi connectivity index (χ4v) is 2.57. The molecule has 0 aromatic heterocycles. The monoisotopic (exact) mass is 299 g/mol. The topological polar surface area (TPSA) is 57.6 Å². The first-order chi connectivity index (χ1) is 9.17. The second-order valence-electron chi connectivity index (χ2n) is 5.09. The number of hydrogen-bond donors (Lipinski definition) is 1. The molecule has 0 aromatic carbocycles. The van der Waals surface area contributed by atoms with E-state index in [0.29, 0.717) is 11.3 Å². The molecule has 116 valence electrons. The zero-order chi connectivity index (χ0) is 15.6. The molecule has 1 rings (SSSR count). The standard InChI is InChI=1S/C12H17F4NO3/c1-2-4-11(10(19)20)5-3-6-17(7-11)9(18)12(15,16)8(13)14/h8H,2-7H2,1H3,(H,19,20). The summed E-state index contributed by atoms with van der Waals surface area (Å²) in [5.41, 5.74) is -1.32. The van der Waals surface area contributed by atoms with Gasteiger partial charge in [-0.1, -0.05) is 13.3 Å². The molecule has 1 heterocycles. The summed E-state index contributed by atoms with van der Waals surface area (Å²) in [5, 5.41) is 9.26. The third-order valence-electron chi connectivity index (χ3n) is 3.61. The minimum absolute atomic E-state index is 0.125. The molecule has 0 radical (unpaired) electrons. The zero-order valence-electron chi connectivity index (χ0n) is 11.0. The Balaban J connectivity index is 2.93. The van der Waals surface area contributed by atoms with E-state index in [0.717, 1.165) is 0 Å². The maximum absolute atomic E-state index is 13.1. The SMILES string of the molecule is CCCC1(C(=O)O)CCCN(C(=O)C(F)(F)C(F)F)C1. The fraction of sp³-hybridized carbons (Fsp3) is 0.833. The Morgan fingerprint density at radius 2 is 2.00 bits per heavy atom. The van der Waals surface area contributed by atoms with Crippen molar-refractivity contribution in [1.29, 1.82) is 0 Å². The molecule has 1 saturated heterocycles. The number of alkyl halides is 4. The predicted molar refractivity (Wildman–Crippen MR) is 61.7 cm³/mol. The van der Waals surface area contributed by atoms with Crippen molar-refractivity contribution in [3.05, 3.63) is 0 Å². The molecule has 1 fully saturated rings. The third kappa shape index (κ3) is 3.04. The van der Waals surface area contributed by atoms with Gasteiger partial charge in [-0.15, -0.1) is 0 Å². The van der Waals surface area contributed by atoms with Crippen LogP contribution in [0.2, 0.25) is 0 Å². The summed E-state index contributed by atoms with van der Waals surface area (Å²) in [6.07, 6.45) is -2.92. The quantitative estimate of drug-likeness (QED) is 0.793. The first kappa shape index (κ1) is 16.7. The number of carbonyl (C=O) groups excluding carboxylic acids is 1. The number of carboxylic acid groups (broad SMARTS) is 1. The molecule has 1 unspecified atom stereocenters. The third-order valence-corrected chi connectivity index (χ3v) is 3.61. The Labute approximate surface area is 113 Å². The number of amides is 1. The number of carboxylic acids is 1. The van der Waals surface area contributed by atoms with Gasteiger partial charge in [0.2, 0.25) is 0 Å². The van der Waals surface area contributed by atoms with Gasteiger partial charge in [-0.25, -0.2) is 8.78 Å². The van der Waals surface area contributed by atoms with Crippen LogP contribution in [0.4, 0.5) is 17.6 Å². The summed E-state index contributed by atoms with van der Waals surface area (Å²) in [6.45, 7) is 1.16. The normalized spacial score (nSPS) is 24.0. The second-order valence-corrected chi connectivity index (χ2v) is 5.09. The van der Waals surface area contributed by atoms with Gasteiger partial charge in [-0.2, -0.15) is 8.78 Å². The van der Waals surface area contributed by atoms with E-state index in [2.05, 4.69) is 0 Å². The summed E-state index contributed by atoms with van der Waals surface area (Å²) < 4.78 is 50.6. The van der Waals surface area contributed by atoms with Crippen molar-refractivity contribution in [2.45, 2.75) is 45.0 Å². The Kier molecular flexibility index (Phi) is 4.99. The lowest BCUT2D eigenvalue weighted by Crippen LogP contribution is -2.55. The minimum Gasteiger partial charge on any atom is -0.481 e. The number of piperidine rings is 1. The molecule has 1 aliphatic heterocycles. The second kappa shape index (κ2) is 5.97. The van der Waals surface area contributed by atoms with E-state index >= 15 is 0 Å². The average Bonchev–Trinajstić information content (AvgIpc) is 2.38. The van der Waals surface area contributed by atoms with Gasteiger partial charge in [0.25, 0.3) is 5.91 Å². The number of likely N-dealkylation sites (tertiary alicyclic amines) is 1. The van der Waals surface area contributed by atoms with Crippen LogP contribution >= 0.6 is 0 Å². The highest BCUT2D eigenvalue weighted by molar-refractivity contribution is 5.85. The van der Waals surface area contributed by atoms with E-state index in [1.165, 1.54) is 0 Å². The molecule has 1 amide bonds. The van der Waals surface area contributed by atoms with Crippen molar-refractivity contribution in [1.82, 2.24) is 4.90 Å². The molecule has 20 heavy (non-hydrogen) atoms. The van der Waals surface area contributed by atoms with E-state index in [1.54, 1.807) is 6.92 Å². The van der Waals surface area contributed by atoms with Crippen LogP contribution in [-0.4, -0.2) is 47.3 Å². The molecule has 1 aliphatic rings. The molecule has 0 saturated carbocycles. The molecule has 0 aliphatic carbocycles. The van der Waals surface area contributed by atoms with Crippen molar-refractivity contribution >= 4 is 11.9 Å². The Hall–Kier alpha value is -1.34. The molecule has 8 heteroatoms. The Bertz CT molecular complexity index is 385. The van der Waals surface area contributed by atoms with E-state index in [9.17, 15) is 32.3 Å². The number of aliphatic carboxylic acids is 1. The van der Waals surface area contributed by atoms with Gasteiger partial charge < -0.3 is 10.0 Å². The van der Waals surface area contributed by atoms with Gasteiger partial charge in [0.05, 0.1) is 5.41 Å². The lowest BCUT2D eigenvalue weighted by atomic mass is 9.76. The van der Waals surface area contributed by atoms with Crippen molar-refractivity contribution in [3.63, 3.8) is 0 Å². The lowest BCUT2D eigenvalue weighted by molar-refractivity contribution is -0.185. The molecule has 4 nitrogen and oxygen atoms in total. The maximum Gasteiger partial charge on any atom is 0.383 e. The van der Waals surface area contributed by atoms with E-state index in [-0.39, 0.29) is 25.8 Å². The smallest absolute Gasteiger partial charge is 0.383 e. The van der Waals surface area contributed by atoms with Crippen LogP contribution < -0.4 is 0 Å². The van der Waals surface area contributed by atoms with Crippen LogP contribution in [0, 0.1) is 5.41 Å². The molecule has 1 atom stereocenters. The van der Waals surface area contributed by atoms with Crippen LogP contribution in [0.5, 0.6) is 0 Å². The number of nitrogens with zero attached hydrogens (tertiary/aromatic N) is 1. The van der Waals surface area contributed by atoms with Crippen molar-refractivity contribution in [2.24, 2.45) is 5.41 Å². The van der Waals surface area contributed by atoms with Crippen LogP contribution in [0.25, 0.3) is 0 Å². The van der Waals surface area contributed by atoms with E-state index in [4.69, 9.17) is 0 Å². The van der Waals surface area contributed by atoms with Gasteiger partial charge in [0, 0.05) is 13.1 Å². The first-order valence-electron chi connectivity index (χ1n) is 6.36. The minimum atomic E-state index is -4.77. The summed E-state index contributed by atoms with van der Waals surface area (Å²) in [6, 6.07) is 0. The summed E-state index contributed by atoms with van der Waals surface area (Å²) in [4.78, 5) is 23.4. The van der Waals surface area contributed by atoms with E-state index < -0.39 is 36.2 Å². The molecule has 0 bridgehead atoms. The highest BCUT2D eigenvalue weighted by Crippen LogP contribution is 2.37. The maximum atomic E-state index is 13.1. The Morgan fingerprint density at radius 1 is 1.40 bits per heavy atom. The lowest BCUT2D eigenvalue weighted by Gasteiger charge is -2.40. The van der Waals surface area contributed by atoms with Crippen molar-refractivity contribution < 1.29 is 32.3 Å². The van der Waals surface area contributed by atoms with E-state index in [1.807, 2.05) is 0 Å². The van der Waals surface area contributed by atoms with Gasteiger partial charge in [0.15, 0.2) is 0 Å². The molecular weight excluding hydrogens is 282 g/mol. The van der Waals surface area contributed by atoms with Gasteiger partial charge in [0.1, 0.15) is 0 Å². The van der Waals surface area contributed by atoms with Crippen LogP contribution in [0.15, 0.2) is 0 Å². The molecule has 1 N–H and O–H groups in total. The number of hydrogen-bond acceptors (Lipinski definition) is 2. The summed E-state index contributed by atoms with van der Waals surface area (Å²) in [5.74, 6) is -7.94. The number of rotatable bonds is 5. The van der Waals surface area contributed by atoms with Crippen molar-refractivity contribution in [2.75, 3.05) is 13.1 Å². The Morgan fingerprint density at radius 3 is 2.45 bits per heavy atom. The zero-order valence-corrected chi connectivity index (χ0v) is 11.0. The van der Waals surface area contributed by atoms with Crippen molar-refractivity contribution in [3.8, 4) is 0 Å². The first-order valence-corrected chi connectivity index (χ1v) is 6.36. The molecule has 0 aromatic rings. The van der Waals surface area contributed by atoms with Gasteiger partial charge >= 0.3 is 18.3 Å². The molecule has 0 spiro atoms. The highest BCUT2D eigenvalue weighted by Gasteiger charge is 2.53. The number of carbonyl (C=O) groups is 2. The fourth-order valence-electron chi connectivity index (χ4n) is 2.57. The van der Waals surface area contributed by atoms with Crippen LogP contribution in [-0.2, 0) is 9.59 Å². The van der Waals surface area contributed by atoms with Gasteiger partial charge in [-0.3, -0.25) is 9.59 Å². The summed E-state index contributed by atoms with van der Waals surface area (Å²) >= 11 is 0. The highest BCUT2D eigenvalue weighted by atomic mass is 19.3.